The molecule has 8 rings (SSSR count). The largest absolute Gasteiger partial charge is 0.497 e. The molecule has 1 amide bonds. The third-order valence-corrected chi connectivity index (χ3v) is 10.7. The lowest BCUT2D eigenvalue weighted by atomic mass is 10.0. The predicted molar refractivity (Wildman–Crippen MR) is 199 cm³/mol. The number of aromatic amines is 1. The summed E-state index contributed by atoms with van der Waals surface area (Å²) in [6, 6.07) is 7.69. The smallest absolute Gasteiger partial charge is 0.254 e. The molecular formula is C37H48N12O6. The van der Waals surface area contributed by atoms with Crippen molar-refractivity contribution >= 4 is 22.8 Å². The zero-order valence-corrected chi connectivity index (χ0v) is 32.0. The Balaban J connectivity index is 1.14. The molecule has 55 heavy (non-hydrogen) atoms. The minimum absolute atomic E-state index is 0.0549. The summed E-state index contributed by atoms with van der Waals surface area (Å²) in [6.07, 6.45) is 5.44. The number of nitrogens with zero attached hydrogens (tertiary/aromatic N) is 10. The van der Waals surface area contributed by atoms with Crippen LogP contribution in [-0.4, -0.2) is 132 Å². The first-order valence-electron chi connectivity index (χ1n) is 18.6. The summed E-state index contributed by atoms with van der Waals surface area (Å²) in [6.45, 7) is 6.48. The molecule has 5 aromatic rings. The number of anilines is 1. The van der Waals surface area contributed by atoms with Crippen LogP contribution < -0.4 is 14.8 Å². The summed E-state index contributed by atoms with van der Waals surface area (Å²) in [5.41, 5.74) is 3.04. The lowest BCUT2D eigenvalue weighted by molar-refractivity contribution is -0.201. The van der Waals surface area contributed by atoms with E-state index in [4.69, 9.17) is 38.8 Å². The van der Waals surface area contributed by atoms with Crippen molar-refractivity contribution in [1.29, 1.82) is 0 Å². The van der Waals surface area contributed by atoms with Gasteiger partial charge in [-0.05, 0) is 71.4 Å². The highest BCUT2D eigenvalue weighted by atomic mass is 16.8. The number of rotatable bonds is 13. The Hall–Kier alpha value is -5.17. The number of methoxy groups -OCH3 is 2. The number of hydrogen-bond donors (Lipinski definition) is 2. The molecule has 0 aliphatic carbocycles. The van der Waals surface area contributed by atoms with Gasteiger partial charge in [-0.15, -0.1) is 10.2 Å². The number of hydrogen-bond acceptors (Lipinski definition) is 14. The SMILES string of the molecule is COc1ccc(CNc2ncnc3c2c(-c2ccn(C)n2)cn3[C@@H]2O[C@H](C(=O)N(CCCc3nn[nH]n3)C3CCN(C)CC3)[C@H]3OC(C)(C)O[C@H]32)c(OC)c1. The molecular weight excluding hydrogens is 708 g/mol. The number of nitrogens with one attached hydrogen (secondary N) is 2. The molecule has 3 aliphatic heterocycles. The number of fused-ring (bicyclic) bond motifs is 2. The van der Waals surface area contributed by atoms with Gasteiger partial charge in [0, 0.05) is 62.2 Å². The van der Waals surface area contributed by atoms with Crippen molar-refractivity contribution < 1.29 is 28.5 Å². The highest BCUT2D eigenvalue weighted by Gasteiger charge is 2.59. The van der Waals surface area contributed by atoms with Crippen LogP contribution in [0.2, 0.25) is 0 Å². The van der Waals surface area contributed by atoms with E-state index in [1.165, 1.54) is 6.33 Å². The quantitative estimate of drug-likeness (QED) is 0.179. The number of aryl methyl sites for hydroxylation is 2. The summed E-state index contributed by atoms with van der Waals surface area (Å²) in [5.74, 6) is 1.54. The molecule has 18 heteroatoms. The van der Waals surface area contributed by atoms with E-state index in [1.807, 2.05) is 67.0 Å². The van der Waals surface area contributed by atoms with Crippen LogP contribution in [0.15, 0.2) is 43.0 Å². The minimum atomic E-state index is -0.946. The van der Waals surface area contributed by atoms with Gasteiger partial charge in [0.1, 0.15) is 41.5 Å². The van der Waals surface area contributed by atoms with Crippen LogP contribution in [0, 0.1) is 0 Å². The van der Waals surface area contributed by atoms with Crippen LogP contribution in [0.3, 0.4) is 0 Å². The zero-order valence-electron chi connectivity index (χ0n) is 32.0. The van der Waals surface area contributed by atoms with Gasteiger partial charge in [0.15, 0.2) is 23.9 Å². The minimum Gasteiger partial charge on any atom is -0.497 e. The van der Waals surface area contributed by atoms with Crippen molar-refractivity contribution in [3.63, 3.8) is 0 Å². The monoisotopic (exact) mass is 756 g/mol. The summed E-state index contributed by atoms with van der Waals surface area (Å²) >= 11 is 0. The molecule has 0 unspecified atom stereocenters. The Morgan fingerprint density at radius 1 is 1.09 bits per heavy atom. The standard InChI is InChI=1S/C37H48N12O6/c1-37(2)54-30-31(35(50)48(23-11-15-46(3)16-12-23)14-7-8-28-41-44-45-42-28)53-36(32(30)55-37)49-20-25(26-13-17-47(4)43-26)29-33(39-21-40-34(29)49)38-19-22-9-10-24(51-5)18-27(22)52-6/h9-10,13,17-18,20-21,23,30-32,36H,7-8,11-12,14-16,19H2,1-6H3,(H,38,39,40)(H,41,42,44,45)/t30-,31+,32-,36-/m1/s1. The van der Waals surface area contributed by atoms with Crippen molar-refractivity contribution in [3.05, 3.63) is 54.4 Å². The Morgan fingerprint density at radius 2 is 1.91 bits per heavy atom. The maximum atomic E-state index is 14.8. The molecule has 4 atom stereocenters. The van der Waals surface area contributed by atoms with E-state index in [0.717, 1.165) is 48.1 Å². The summed E-state index contributed by atoms with van der Waals surface area (Å²) < 4.78 is 34.6. The van der Waals surface area contributed by atoms with Gasteiger partial charge in [0.2, 0.25) is 0 Å². The number of tetrazole rings is 1. The van der Waals surface area contributed by atoms with Gasteiger partial charge in [-0.1, -0.05) is 5.21 Å². The fourth-order valence-electron chi connectivity index (χ4n) is 7.98. The van der Waals surface area contributed by atoms with Crippen molar-refractivity contribution in [2.24, 2.45) is 7.05 Å². The normalized spacial score (nSPS) is 22.6. The van der Waals surface area contributed by atoms with Crippen LogP contribution in [0.4, 0.5) is 5.82 Å². The molecule has 292 valence electrons. The molecule has 2 N–H and O–H groups in total. The Morgan fingerprint density at radius 3 is 2.64 bits per heavy atom. The van der Waals surface area contributed by atoms with Gasteiger partial charge in [-0.25, -0.2) is 9.97 Å². The number of carbonyl (C=O) groups is 1. The number of amides is 1. The molecule has 0 saturated carbocycles. The van der Waals surface area contributed by atoms with E-state index in [9.17, 15) is 4.79 Å². The second-order valence-corrected chi connectivity index (χ2v) is 14.8. The van der Waals surface area contributed by atoms with E-state index in [-0.39, 0.29) is 11.9 Å². The number of benzene rings is 1. The van der Waals surface area contributed by atoms with E-state index in [1.54, 1.807) is 18.9 Å². The number of likely N-dealkylation sites (tertiary alicyclic amines) is 1. The number of ether oxygens (including phenoxy) is 5. The second-order valence-electron chi connectivity index (χ2n) is 14.8. The fraction of sp³-hybridized carbons (Fsp3) is 0.541. The van der Waals surface area contributed by atoms with Crippen molar-refractivity contribution in [2.45, 2.75) is 82.4 Å². The number of carbonyl (C=O) groups excluding carboxylic acids is 1. The van der Waals surface area contributed by atoms with Crippen LogP contribution >= 0.6 is 0 Å². The van der Waals surface area contributed by atoms with Gasteiger partial charge in [0.05, 0.1) is 25.3 Å². The predicted octanol–water partition coefficient (Wildman–Crippen LogP) is 2.95. The highest BCUT2D eigenvalue weighted by Crippen LogP contribution is 2.46. The number of piperidine rings is 1. The fourth-order valence-corrected chi connectivity index (χ4v) is 7.98. The van der Waals surface area contributed by atoms with E-state index >= 15 is 0 Å². The molecule has 0 radical (unpaired) electrons. The summed E-state index contributed by atoms with van der Waals surface area (Å²) in [4.78, 5) is 28.6. The van der Waals surface area contributed by atoms with E-state index in [0.29, 0.717) is 54.7 Å². The topological polar surface area (TPSA) is 185 Å². The van der Waals surface area contributed by atoms with Crippen molar-refractivity contribution in [3.8, 4) is 22.8 Å². The molecule has 7 heterocycles. The van der Waals surface area contributed by atoms with E-state index in [2.05, 4.69) is 37.9 Å². The first-order valence-corrected chi connectivity index (χ1v) is 18.6. The van der Waals surface area contributed by atoms with Gasteiger partial charge >= 0.3 is 0 Å². The number of H-pyrrole nitrogens is 1. The maximum absolute atomic E-state index is 14.8. The Kier molecular flexibility index (Phi) is 10.1. The van der Waals surface area contributed by atoms with Crippen LogP contribution in [-0.2, 0) is 39.0 Å². The van der Waals surface area contributed by atoms with E-state index < -0.39 is 30.3 Å². The van der Waals surface area contributed by atoms with Gasteiger partial charge in [-0.2, -0.15) is 10.3 Å². The molecule has 4 aromatic heterocycles. The van der Waals surface area contributed by atoms with Crippen LogP contribution in [0.25, 0.3) is 22.3 Å². The van der Waals surface area contributed by atoms with Crippen molar-refractivity contribution in [1.82, 2.24) is 54.7 Å². The third kappa shape index (κ3) is 7.33. The van der Waals surface area contributed by atoms with Gasteiger partial charge in [-0.3, -0.25) is 9.48 Å². The van der Waals surface area contributed by atoms with Crippen LogP contribution in [0.1, 0.15) is 50.7 Å². The van der Waals surface area contributed by atoms with Gasteiger partial charge in [0.25, 0.3) is 5.91 Å². The maximum Gasteiger partial charge on any atom is 0.254 e. The molecule has 3 aliphatic rings. The summed E-state index contributed by atoms with van der Waals surface area (Å²) in [5, 5.41) is 23.4. The first-order chi connectivity index (χ1) is 26.6. The molecule has 3 fully saturated rings. The molecule has 18 nitrogen and oxygen atoms in total. The van der Waals surface area contributed by atoms with Gasteiger partial charge < -0.3 is 43.4 Å². The molecule has 1 aromatic carbocycles. The third-order valence-electron chi connectivity index (χ3n) is 10.7. The Bertz CT molecular complexity index is 2110. The number of aromatic nitrogens is 9. The highest BCUT2D eigenvalue weighted by molar-refractivity contribution is 6.00. The molecule has 0 bridgehead atoms. The zero-order chi connectivity index (χ0) is 38.3. The Labute approximate surface area is 318 Å². The molecule has 0 spiro atoms. The average Bonchev–Trinajstić information content (AvgIpc) is 4.03. The lowest BCUT2D eigenvalue weighted by Gasteiger charge is -2.39. The summed E-state index contributed by atoms with van der Waals surface area (Å²) in [7, 11) is 7.24. The average molecular weight is 757 g/mol. The first kappa shape index (κ1) is 36.8. The van der Waals surface area contributed by atoms with Crippen LogP contribution in [0.5, 0.6) is 11.5 Å². The van der Waals surface area contributed by atoms with Crippen molar-refractivity contribution in [2.75, 3.05) is 46.2 Å². The molecule has 3 saturated heterocycles. The lowest BCUT2D eigenvalue weighted by Crippen LogP contribution is -2.52. The second kappa shape index (κ2) is 15.2.